The number of carboxylic acids is 1. The number of nitrogens with one attached hydrogen (secondary N) is 1. The van der Waals surface area contributed by atoms with Gasteiger partial charge in [-0.3, -0.25) is 9.59 Å². The maximum Gasteiger partial charge on any atom is 0.305 e. The minimum Gasteiger partial charge on any atom is -0.481 e. The summed E-state index contributed by atoms with van der Waals surface area (Å²) in [5.41, 5.74) is 4.79. The van der Waals surface area contributed by atoms with E-state index in [0.717, 1.165) is 27.7 Å². The van der Waals surface area contributed by atoms with E-state index in [0.29, 0.717) is 48.4 Å². The Morgan fingerprint density at radius 3 is 2.67 bits per heavy atom. The highest BCUT2D eigenvalue weighted by Crippen LogP contribution is 2.42. The van der Waals surface area contributed by atoms with Crippen LogP contribution >= 0.6 is 11.6 Å². The molecular formula is C32H29ClFN5O3. The highest BCUT2D eigenvalue weighted by Gasteiger charge is 2.40. The van der Waals surface area contributed by atoms with Gasteiger partial charge in [0.2, 0.25) is 0 Å². The van der Waals surface area contributed by atoms with Crippen LogP contribution in [0.4, 0.5) is 4.39 Å². The lowest BCUT2D eigenvalue weighted by molar-refractivity contribution is -0.137. The Hall–Kier alpha value is -4.50. The molecule has 0 aliphatic heterocycles. The van der Waals surface area contributed by atoms with Crippen molar-refractivity contribution in [1.82, 2.24) is 24.6 Å². The van der Waals surface area contributed by atoms with Crippen LogP contribution < -0.4 is 5.32 Å². The monoisotopic (exact) mass is 585 g/mol. The molecule has 1 aliphatic rings. The van der Waals surface area contributed by atoms with Crippen molar-refractivity contribution in [3.8, 4) is 5.69 Å². The standard InChI is InChI=1S/C32H29ClFN5O3/c1-19-6-8-24-26-17-32(21-4-3-5-22(34)15-21,12-10-28(26)38(29(24)14-19)13-11-30(40)41)36-31(42)25-9-7-23(16-27(25)33)39-18-35-20(2)37-39/h3-9,14-16,18H,10-13,17H2,1-2H3,(H,36,42)(H,40,41)/t32-/m1/s1. The molecule has 0 radical (unpaired) electrons. The molecule has 2 heterocycles. The summed E-state index contributed by atoms with van der Waals surface area (Å²) in [5, 5.41) is 18.2. The number of carbonyl (C=O) groups excluding carboxylic acids is 1. The fraction of sp³-hybridized carbons (Fsp3) is 0.250. The van der Waals surface area contributed by atoms with E-state index in [-0.39, 0.29) is 17.4 Å². The number of aryl methyl sites for hydroxylation is 3. The molecule has 0 fully saturated rings. The van der Waals surface area contributed by atoms with Crippen molar-refractivity contribution in [3.63, 3.8) is 0 Å². The van der Waals surface area contributed by atoms with Crippen LogP contribution in [0.3, 0.4) is 0 Å². The van der Waals surface area contributed by atoms with Gasteiger partial charge >= 0.3 is 5.97 Å². The molecule has 10 heteroatoms. The lowest BCUT2D eigenvalue weighted by Gasteiger charge is -2.39. The number of carbonyl (C=O) groups is 2. The van der Waals surface area contributed by atoms with Crippen molar-refractivity contribution in [3.05, 3.63) is 112 Å². The first kappa shape index (κ1) is 27.7. The number of hydrogen-bond donors (Lipinski definition) is 2. The van der Waals surface area contributed by atoms with E-state index in [4.69, 9.17) is 11.6 Å². The van der Waals surface area contributed by atoms with E-state index in [1.54, 1.807) is 42.2 Å². The van der Waals surface area contributed by atoms with Crippen LogP contribution in [0.5, 0.6) is 0 Å². The Morgan fingerprint density at radius 2 is 1.95 bits per heavy atom. The first-order valence-corrected chi connectivity index (χ1v) is 14.1. The number of halogens is 2. The zero-order valence-corrected chi connectivity index (χ0v) is 24.0. The second-order valence-corrected chi connectivity index (χ2v) is 11.3. The quantitative estimate of drug-likeness (QED) is 0.247. The predicted octanol–water partition coefficient (Wildman–Crippen LogP) is 5.92. The number of nitrogens with zero attached hydrogens (tertiary/aromatic N) is 4. The van der Waals surface area contributed by atoms with Crippen molar-refractivity contribution in [2.75, 3.05) is 0 Å². The van der Waals surface area contributed by atoms with Gasteiger partial charge in [-0.2, -0.15) is 5.10 Å². The van der Waals surface area contributed by atoms with Gasteiger partial charge in [-0.05, 0) is 79.8 Å². The van der Waals surface area contributed by atoms with Crippen LogP contribution in [0.25, 0.3) is 16.6 Å². The fourth-order valence-electron chi connectivity index (χ4n) is 6.05. The molecule has 2 aromatic heterocycles. The van der Waals surface area contributed by atoms with E-state index in [1.807, 2.05) is 25.1 Å². The largest absolute Gasteiger partial charge is 0.481 e. The fourth-order valence-corrected chi connectivity index (χ4v) is 6.31. The molecule has 2 N–H and O–H groups in total. The molecule has 214 valence electrons. The molecule has 1 atom stereocenters. The molecule has 8 nitrogen and oxygen atoms in total. The van der Waals surface area contributed by atoms with Gasteiger partial charge in [0.1, 0.15) is 18.0 Å². The number of aromatic nitrogens is 4. The van der Waals surface area contributed by atoms with Gasteiger partial charge in [-0.15, -0.1) is 0 Å². The third-order valence-corrected chi connectivity index (χ3v) is 8.37. The number of aliphatic carboxylic acids is 1. The van der Waals surface area contributed by atoms with Crippen LogP contribution in [0.2, 0.25) is 5.02 Å². The van der Waals surface area contributed by atoms with Gasteiger partial charge in [0.25, 0.3) is 5.91 Å². The molecule has 0 spiro atoms. The number of benzene rings is 3. The summed E-state index contributed by atoms with van der Waals surface area (Å²) in [6, 6.07) is 17.5. The van der Waals surface area contributed by atoms with Crippen LogP contribution in [-0.4, -0.2) is 36.3 Å². The smallest absolute Gasteiger partial charge is 0.305 e. The summed E-state index contributed by atoms with van der Waals surface area (Å²) >= 11 is 6.62. The van der Waals surface area contributed by atoms with Crippen LogP contribution in [0, 0.1) is 19.7 Å². The molecule has 0 saturated heterocycles. The molecule has 5 aromatic rings. The average molecular weight is 586 g/mol. The summed E-state index contributed by atoms with van der Waals surface area (Å²) in [4.78, 5) is 29.5. The highest BCUT2D eigenvalue weighted by molar-refractivity contribution is 6.34. The molecule has 42 heavy (non-hydrogen) atoms. The van der Waals surface area contributed by atoms with Crippen LogP contribution in [0.15, 0.2) is 67.0 Å². The van der Waals surface area contributed by atoms with Crippen molar-refractivity contribution < 1.29 is 19.1 Å². The first-order chi connectivity index (χ1) is 20.1. The van der Waals surface area contributed by atoms with Crippen molar-refractivity contribution in [2.24, 2.45) is 0 Å². The third-order valence-electron chi connectivity index (χ3n) is 8.06. The predicted molar refractivity (Wildman–Crippen MR) is 158 cm³/mol. The minimum atomic E-state index is -0.923. The van der Waals surface area contributed by atoms with E-state index in [2.05, 4.69) is 26.0 Å². The number of rotatable bonds is 7. The zero-order valence-electron chi connectivity index (χ0n) is 23.2. The second kappa shape index (κ2) is 10.7. The number of hydrogen-bond acceptors (Lipinski definition) is 4. The van der Waals surface area contributed by atoms with Gasteiger partial charge in [0.05, 0.1) is 28.2 Å². The van der Waals surface area contributed by atoms with Crippen LogP contribution in [-0.2, 0) is 29.7 Å². The van der Waals surface area contributed by atoms with Gasteiger partial charge < -0.3 is 15.0 Å². The Labute approximate surface area is 246 Å². The Bertz CT molecular complexity index is 1860. The summed E-state index contributed by atoms with van der Waals surface area (Å²) in [5.74, 6) is -1.02. The molecule has 0 unspecified atom stereocenters. The van der Waals surface area contributed by atoms with Gasteiger partial charge in [-0.25, -0.2) is 14.1 Å². The Kier molecular flexibility index (Phi) is 7.06. The molecule has 1 amide bonds. The Balaban J connectivity index is 1.41. The van der Waals surface area contributed by atoms with Crippen molar-refractivity contribution >= 4 is 34.4 Å². The number of carboxylic acid groups (broad SMARTS) is 1. The molecule has 6 rings (SSSR count). The third kappa shape index (κ3) is 5.05. The minimum absolute atomic E-state index is 0.00140. The summed E-state index contributed by atoms with van der Waals surface area (Å²) < 4.78 is 18.3. The number of fused-ring (bicyclic) bond motifs is 3. The lowest BCUT2D eigenvalue weighted by Crippen LogP contribution is -2.50. The normalized spacial score (nSPS) is 16.4. The molecule has 3 aromatic carbocycles. The zero-order chi connectivity index (χ0) is 29.6. The second-order valence-electron chi connectivity index (χ2n) is 10.9. The topological polar surface area (TPSA) is 102 Å². The summed E-state index contributed by atoms with van der Waals surface area (Å²) in [7, 11) is 0. The van der Waals surface area contributed by atoms with Crippen LogP contribution in [0.1, 0.15) is 51.4 Å². The average Bonchev–Trinajstić information content (AvgIpc) is 3.52. The SMILES string of the molecule is Cc1ccc2c3c(n(CCC(=O)O)c2c1)CC[C@](NC(=O)c1ccc(-n2cnc(C)n2)cc1Cl)(c1cccc(F)c1)C3. The highest BCUT2D eigenvalue weighted by atomic mass is 35.5. The molecule has 0 saturated carbocycles. The van der Waals surface area contributed by atoms with E-state index >= 15 is 0 Å². The van der Waals surface area contributed by atoms with Gasteiger partial charge in [0, 0.05) is 29.6 Å². The molecular weight excluding hydrogens is 557 g/mol. The molecule has 0 bridgehead atoms. The maximum absolute atomic E-state index is 14.6. The Morgan fingerprint density at radius 1 is 1.12 bits per heavy atom. The summed E-state index contributed by atoms with van der Waals surface area (Å²) in [6.07, 6.45) is 3.04. The maximum atomic E-state index is 14.6. The van der Waals surface area contributed by atoms with Gasteiger partial charge in [-0.1, -0.05) is 35.9 Å². The molecule has 1 aliphatic carbocycles. The van der Waals surface area contributed by atoms with Crippen molar-refractivity contribution in [2.45, 2.75) is 51.6 Å². The van der Waals surface area contributed by atoms with Crippen molar-refractivity contribution in [1.29, 1.82) is 0 Å². The van der Waals surface area contributed by atoms with Gasteiger partial charge in [0.15, 0.2) is 0 Å². The number of amides is 1. The lowest BCUT2D eigenvalue weighted by atomic mass is 9.74. The summed E-state index contributed by atoms with van der Waals surface area (Å²) in [6.45, 7) is 4.13. The van der Waals surface area contributed by atoms with E-state index < -0.39 is 17.3 Å². The van der Waals surface area contributed by atoms with E-state index in [9.17, 15) is 19.1 Å². The first-order valence-electron chi connectivity index (χ1n) is 13.7. The van der Waals surface area contributed by atoms with E-state index in [1.165, 1.54) is 12.1 Å².